The molecule has 4 aromatic carbocycles. The van der Waals surface area contributed by atoms with Gasteiger partial charge in [0.25, 0.3) is 17.3 Å². The van der Waals surface area contributed by atoms with Gasteiger partial charge in [0.15, 0.2) is 0 Å². The molecule has 258 valence electrons. The molecule has 0 atom stereocenters. The van der Waals surface area contributed by atoms with E-state index >= 15 is 8.78 Å². The number of aromatic nitrogens is 3. The quantitative estimate of drug-likeness (QED) is 0.168. The molecular formula is C45H41F2N5+2. The van der Waals surface area contributed by atoms with Gasteiger partial charge in [-0.2, -0.15) is 8.78 Å². The molecule has 0 bridgehead atoms. The number of halogens is 2. The van der Waals surface area contributed by atoms with Gasteiger partial charge < -0.3 is 0 Å². The van der Waals surface area contributed by atoms with Crippen LogP contribution in [0.2, 0.25) is 0 Å². The standard InChI is InChI=1S/C45H41F2N5/c1-29-12-15-34(16-13-29)50-28-51(39-11-9-8-10-38(39)50)35-23-32(44(5,6)7)22-33(24-35)45(46,47)31-14-17-36-37-19-20-48-27-41(37)52(40(36)25-31)42-26-30(18-21-49-42)43(2,3)4/h8-27H,1-7H3/q+2/i1D3,12D,13D,15D,16D. The third-order valence-electron chi connectivity index (χ3n) is 9.58. The van der Waals surface area contributed by atoms with Crippen LogP contribution in [0.1, 0.15) is 79.0 Å². The van der Waals surface area contributed by atoms with E-state index in [0.29, 0.717) is 34.0 Å². The van der Waals surface area contributed by atoms with Crippen LogP contribution < -0.4 is 9.15 Å². The first-order valence-electron chi connectivity index (χ1n) is 20.5. The molecule has 0 aliphatic carbocycles. The van der Waals surface area contributed by atoms with Gasteiger partial charge in [-0.05, 0) is 68.3 Å². The summed E-state index contributed by atoms with van der Waals surface area (Å²) in [6, 6.07) is 22.7. The Morgan fingerprint density at radius 3 is 2.04 bits per heavy atom. The molecular weight excluding hydrogens is 649 g/mol. The topological polar surface area (TPSA) is 36.7 Å². The highest BCUT2D eigenvalue weighted by Gasteiger charge is 2.40. The van der Waals surface area contributed by atoms with E-state index in [-0.39, 0.29) is 22.2 Å². The van der Waals surface area contributed by atoms with Gasteiger partial charge in [-0.15, -0.1) is 0 Å². The van der Waals surface area contributed by atoms with Crippen LogP contribution in [0.15, 0.2) is 122 Å². The molecule has 0 fully saturated rings. The highest BCUT2D eigenvalue weighted by atomic mass is 19.3. The van der Waals surface area contributed by atoms with Gasteiger partial charge in [-0.25, -0.2) is 4.98 Å². The zero-order valence-electron chi connectivity index (χ0n) is 36.7. The Labute approximate surface area is 312 Å². The normalized spacial score (nSPS) is 15.6. The number of rotatable bonds is 5. The van der Waals surface area contributed by atoms with Crippen LogP contribution in [0.25, 0.3) is 27.6 Å². The maximum absolute atomic E-state index is 17.4. The van der Waals surface area contributed by atoms with Crippen molar-refractivity contribution in [3.8, 4) is 5.82 Å². The summed E-state index contributed by atoms with van der Waals surface area (Å²) in [4.78, 5) is 9.05. The summed E-state index contributed by atoms with van der Waals surface area (Å²) in [5.74, 6) is -2.93. The number of hydrogen-bond donors (Lipinski definition) is 0. The van der Waals surface area contributed by atoms with E-state index in [9.17, 15) is 0 Å². The predicted molar refractivity (Wildman–Crippen MR) is 209 cm³/mol. The first kappa shape index (κ1) is 26.1. The van der Waals surface area contributed by atoms with Crippen LogP contribution in [0, 0.1) is 6.85 Å². The highest BCUT2D eigenvalue weighted by Crippen LogP contribution is 2.44. The number of hydrogen-bond acceptors (Lipinski definition) is 2. The first-order valence-corrected chi connectivity index (χ1v) is 17.0. The lowest BCUT2D eigenvalue weighted by Crippen LogP contribution is -2.19. The minimum atomic E-state index is -3.52. The lowest BCUT2D eigenvalue weighted by Gasteiger charge is -2.23. The minimum Gasteiger partial charge on any atom is -0.292 e. The molecule has 0 radical (unpaired) electrons. The van der Waals surface area contributed by atoms with E-state index in [2.05, 4.69) is 36.7 Å². The number of alkyl halides is 2. The maximum atomic E-state index is 17.4. The predicted octanol–water partition coefficient (Wildman–Crippen LogP) is 11.5. The van der Waals surface area contributed by atoms with Gasteiger partial charge in [0.1, 0.15) is 5.82 Å². The molecule has 5 nitrogen and oxygen atoms in total. The maximum Gasteiger partial charge on any atom is 0.503 e. The van der Waals surface area contributed by atoms with Crippen molar-refractivity contribution in [2.24, 2.45) is 0 Å². The molecule has 8 rings (SSSR count). The Kier molecular flexibility index (Phi) is 5.96. The van der Waals surface area contributed by atoms with Gasteiger partial charge in [0.05, 0.1) is 22.7 Å². The van der Waals surface area contributed by atoms with Crippen molar-refractivity contribution in [2.45, 2.75) is 65.1 Å². The van der Waals surface area contributed by atoms with Crippen molar-refractivity contribution in [2.75, 3.05) is 0 Å². The monoisotopic (exact) mass is 696 g/mol. The van der Waals surface area contributed by atoms with Crippen LogP contribution in [-0.2, 0) is 16.8 Å². The number of nitrogens with zero attached hydrogens (tertiary/aromatic N) is 5. The summed E-state index contributed by atoms with van der Waals surface area (Å²) >= 11 is 0. The molecule has 0 amide bonds. The molecule has 1 aliphatic heterocycles. The fourth-order valence-electron chi connectivity index (χ4n) is 6.67. The Morgan fingerprint density at radius 2 is 1.35 bits per heavy atom. The Bertz CT molecular complexity index is 2940. The van der Waals surface area contributed by atoms with Crippen molar-refractivity contribution in [3.63, 3.8) is 0 Å². The summed E-state index contributed by atoms with van der Waals surface area (Å²) in [6.07, 6.45) is 5.12. The third-order valence-corrected chi connectivity index (χ3v) is 9.58. The van der Waals surface area contributed by atoms with Crippen molar-refractivity contribution in [3.05, 3.63) is 149 Å². The van der Waals surface area contributed by atoms with Gasteiger partial charge in [-0.1, -0.05) is 83.5 Å². The summed E-state index contributed by atoms with van der Waals surface area (Å²) in [6.45, 7) is 9.21. The number of para-hydroxylation sites is 2. The molecule has 0 saturated carbocycles. The zero-order chi connectivity index (χ0) is 42.6. The van der Waals surface area contributed by atoms with Crippen molar-refractivity contribution < 1.29 is 18.4 Å². The molecule has 0 unspecified atom stereocenters. The average molecular weight is 697 g/mol. The van der Waals surface area contributed by atoms with E-state index in [1.54, 1.807) is 59.6 Å². The van der Waals surface area contributed by atoms with Gasteiger partial charge in [-0.3, -0.25) is 9.55 Å². The minimum absolute atomic E-state index is 0.184. The highest BCUT2D eigenvalue weighted by molar-refractivity contribution is 6.09. The van der Waals surface area contributed by atoms with Crippen LogP contribution in [0.5, 0.6) is 0 Å². The lowest BCUT2D eigenvalue weighted by molar-refractivity contribution is 0.0428. The van der Waals surface area contributed by atoms with Gasteiger partial charge >= 0.3 is 6.01 Å². The summed E-state index contributed by atoms with van der Waals surface area (Å²) in [7, 11) is 0. The smallest absolute Gasteiger partial charge is 0.292 e. The Morgan fingerprint density at radius 1 is 0.673 bits per heavy atom. The Balaban J connectivity index is 1.35. The fraction of sp³-hybridized carbons (Fsp3) is 0.222. The first-order chi connectivity index (χ1) is 27.6. The SMILES string of the molecule is [2H]c1c([2H])c(C([2H])([2H])[2H])c([2H])c([2H])c1[N+]1=C=[N+](c2cc(C(C)(C)C)cc(C(F)(F)c3ccc4c5ccncc5n(-c5cc(C(C)(C)C)ccn5)c4c3)c2)c2ccccc21. The molecule has 52 heavy (non-hydrogen) atoms. The van der Waals surface area contributed by atoms with E-state index in [1.807, 2.05) is 43.5 Å². The van der Waals surface area contributed by atoms with E-state index in [0.717, 1.165) is 21.9 Å². The fourth-order valence-corrected chi connectivity index (χ4v) is 6.67. The molecule has 7 heteroatoms. The molecule has 4 heterocycles. The largest absolute Gasteiger partial charge is 0.503 e. The van der Waals surface area contributed by atoms with Crippen LogP contribution in [0.4, 0.5) is 31.5 Å². The second-order valence-corrected chi connectivity index (χ2v) is 15.2. The lowest BCUT2D eigenvalue weighted by atomic mass is 9.84. The zero-order valence-corrected chi connectivity index (χ0v) is 29.7. The van der Waals surface area contributed by atoms with Crippen molar-refractivity contribution >= 4 is 50.6 Å². The number of pyridine rings is 2. The van der Waals surface area contributed by atoms with Crippen molar-refractivity contribution in [1.82, 2.24) is 23.7 Å². The van der Waals surface area contributed by atoms with Crippen molar-refractivity contribution in [1.29, 1.82) is 0 Å². The van der Waals surface area contributed by atoms with Crippen LogP contribution in [0.3, 0.4) is 0 Å². The molecule has 0 saturated heterocycles. The number of benzene rings is 4. The summed E-state index contributed by atoms with van der Waals surface area (Å²) in [5, 5.41) is 1.62. The molecule has 0 N–H and O–H groups in total. The summed E-state index contributed by atoms with van der Waals surface area (Å²) < 4.78 is 97.8. The van der Waals surface area contributed by atoms with Crippen LogP contribution >= 0.6 is 0 Å². The molecule has 7 aromatic rings. The second-order valence-electron chi connectivity index (χ2n) is 15.2. The van der Waals surface area contributed by atoms with Gasteiger partial charge in [0.2, 0.25) is 11.4 Å². The van der Waals surface area contributed by atoms with E-state index < -0.39 is 47.9 Å². The number of fused-ring (bicyclic) bond motifs is 4. The molecule has 1 aliphatic rings. The van der Waals surface area contributed by atoms with E-state index in [1.165, 1.54) is 28.8 Å². The molecule has 0 spiro atoms. The van der Waals surface area contributed by atoms with Gasteiger partial charge in [0, 0.05) is 74.8 Å². The van der Waals surface area contributed by atoms with Crippen LogP contribution in [-0.4, -0.2) is 20.5 Å². The average Bonchev–Trinajstić information content (AvgIpc) is 3.72. The molecule has 3 aromatic heterocycles. The summed E-state index contributed by atoms with van der Waals surface area (Å²) in [5.41, 5.74) is 1.95. The Hall–Kier alpha value is -5.78. The third kappa shape index (κ3) is 5.62. The second kappa shape index (κ2) is 11.9. The van der Waals surface area contributed by atoms with E-state index in [4.69, 9.17) is 9.60 Å².